The van der Waals surface area contributed by atoms with Crippen molar-refractivity contribution < 1.29 is 4.79 Å². The molecule has 3 rings (SSSR count). The van der Waals surface area contributed by atoms with Crippen molar-refractivity contribution in [1.82, 2.24) is 4.90 Å². The van der Waals surface area contributed by atoms with E-state index in [1.165, 1.54) is 16.7 Å². The molecule has 1 N–H and O–H groups in total. The summed E-state index contributed by atoms with van der Waals surface area (Å²) in [5.74, 6) is 0. The van der Waals surface area contributed by atoms with Gasteiger partial charge in [-0.05, 0) is 42.0 Å². The summed E-state index contributed by atoms with van der Waals surface area (Å²) in [6.45, 7) is 5.62. The molecule has 0 saturated heterocycles. The third-order valence-corrected chi connectivity index (χ3v) is 4.39. The number of anilines is 1. The zero-order chi connectivity index (χ0) is 15.5. The van der Waals surface area contributed by atoms with Gasteiger partial charge in [-0.15, -0.1) is 0 Å². The smallest absolute Gasteiger partial charge is 0.320 e. The molecule has 0 aromatic heterocycles. The lowest BCUT2D eigenvalue weighted by Gasteiger charge is -2.29. The van der Waals surface area contributed by atoms with Crippen LogP contribution in [-0.2, 0) is 19.4 Å². The lowest BCUT2D eigenvalue weighted by atomic mass is 10.0. The van der Waals surface area contributed by atoms with Gasteiger partial charge in [0.15, 0.2) is 0 Å². The van der Waals surface area contributed by atoms with Crippen LogP contribution in [0.4, 0.5) is 10.5 Å². The van der Waals surface area contributed by atoms with E-state index >= 15 is 0 Å². The van der Waals surface area contributed by atoms with Gasteiger partial charge in [-0.2, -0.15) is 0 Å². The Morgan fingerprint density at radius 1 is 1.14 bits per heavy atom. The zero-order valence-electron chi connectivity index (χ0n) is 13.2. The van der Waals surface area contributed by atoms with Crippen molar-refractivity contribution >= 4 is 11.7 Å². The molecule has 1 aliphatic rings. The van der Waals surface area contributed by atoms with Crippen LogP contribution >= 0.6 is 0 Å². The van der Waals surface area contributed by atoms with Crippen molar-refractivity contribution in [3.63, 3.8) is 0 Å². The second kappa shape index (κ2) is 6.22. The maximum atomic E-state index is 12.6. The number of nitrogens with one attached hydrogen (secondary N) is 1. The van der Waals surface area contributed by atoms with E-state index < -0.39 is 0 Å². The van der Waals surface area contributed by atoms with Gasteiger partial charge in [0, 0.05) is 18.8 Å². The van der Waals surface area contributed by atoms with Crippen LogP contribution in [0.25, 0.3) is 0 Å². The van der Waals surface area contributed by atoms with E-state index in [1.807, 2.05) is 30.0 Å². The predicted molar refractivity (Wildman–Crippen MR) is 90.1 cm³/mol. The van der Waals surface area contributed by atoms with Gasteiger partial charge in [0.05, 0.1) is 0 Å². The highest BCUT2D eigenvalue weighted by Gasteiger charge is 2.21. The number of carbonyl (C=O) groups is 1. The summed E-state index contributed by atoms with van der Waals surface area (Å²) in [6, 6.07) is 14.5. The number of para-hydroxylation sites is 1. The van der Waals surface area contributed by atoms with Gasteiger partial charge >= 0.3 is 6.03 Å². The summed E-state index contributed by atoms with van der Waals surface area (Å²) in [4.78, 5) is 14.5. The molecule has 2 aromatic carbocycles. The molecule has 0 fully saturated rings. The maximum Gasteiger partial charge on any atom is 0.322 e. The molecule has 0 spiro atoms. The summed E-state index contributed by atoms with van der Waals surface area (Å²) in [5, 5.41) is 3.12. The van der Waals surface area contributed by atoms with Gasteiger partial charge in [0.1, 0.15) is 0 Å². The second-order valence-corrected chi connectivity index (χ2v) is 5.83. The van der Waals surface area contributed by atoms with E-state index in [1.54, 1.807) is 0 Å². The first-order valence-corrected chi connectivity index (χ1v) is 7.90. The molecule has 3 nitrogen and oxygen atoms in total. The number of rotatable bonds is 2. The van der Waals surface area contributed by atoms with Crippen LogP contribution in [0.1, 0.15) is 29.2 Å². The number of hydrogen-bond acceptors (Lipinski definition) is 1. The fraction of sp³-hybridized carbons (Fsp3) is 0.316. The first-order valence-electron chi connectivity index (χ1n) is 7.90. The van der Waals surface area contributed by atoms with Crippen molar-refractivity contribution in [1.29, 1.82) is 0 Å². The van der Waals surface area contributed by atoms with E-state index in [4.69, 9.17) is 0 Å². The van der Waals surface area contributed by atoms with Crippen LogP contribution in [-0.4, -0.2) is 17.5 Å². The van der Waals surface area contributed by atoms with E-state index in [-0.39, 0.29) is 6.03 Å². The van der Waals surface area contributed by atoms with Gasteiger partial charge < -0.3 is 10.2 Å². The molecule has 2 amide bonds. The van der Waals surface area contributed by atoms with Crippen LogP contribution < -0.4 is 5.32 Å². The molecule has 0 atom stereocenters. The van der Waals surface area contributed by atoms with Crippen molar-refractivity contribution in [3.05, 3.63) is 64.7 Å². The Bertz CT molecular complexity index is 694. The third kappa shape index (κ3) is 2.84. The summed E-state index contributed by atoms with van der Waals surface area (Å²) < 4.78 is 0. The number of amides is 2. The molecular formula is C19H22N2O. The molecule has 0 saturated carbocycles. The number of fused-ring (bicyclic) bond motifs is 1. The van der Waals surface area contributed by atoms with Gasteiger partial charge in [0.2, 0.25) is 0 Å². The largest absolute Gasteiger partial charge is 0.322 e. The van der Waals surface area contributed by atoms with E-state index in [0.717, 1.165) is 30.6 Å². The fourth-order valence-corrected chi connectivity index (χ4v) is 3.06. The Morgan fingerprint density at radius 3 is 2.68 bits per heavy atom. The van der Waals surface area contributed by atoms with Crippen molar-refractivity contribution in [2.45, 2.75) is 33.2 Å². The molecule has 1 aliphatic heterocycles. The number of aryl methyl sites for hydroxylation is 2. The van der Waals surface area contributed by atoms with Crippen LogP contribution in [0.15, 0.2) is 42.5 Å². The maximum absolute atomic E-state index is 12.6. The Balaban J connectivity index is 1.77. The van der Waals surface area contributed by atoms with Gasteiger partial charge in [-0.3, -0.25) is 0 Å². The monoisotopic (exact) mass is 294 g/mol. The van der Waals surface area contributed by atoms with Gasteiger partial charge in [-0.1, -0.05) is 49.4 Å². The average Bonchev–Trinajstić information content (AvgIpc) is 2.56. The first-order chi connectivity index (χ1) is 10.7. The standard InChI is InChI=1S/C19H22N2O/c1-3-15-10-6-7-14(2)18(15)20-19(22)21-12-11-16-8-4-5-9-17(16)13-21/h4-10H,3,11-13H2,1-2H3,(H,20,22). The molecule has 0 bridgehead atoms. The Labute approximate surface area is 132 Å². The number of hydrogen-bond donors (Lipinski definition) is 1. The van der Waals surface area contributed by atoms with E-state index in [0.29, 0.717) is 6.54 Å². The van der Waals surface area contributed by atoms with E-state index in [9.17, 15) is 4.79 Å². The van der Waals surface area contributed by atoms with Crippen LogP contribution in [0.3, 0.4) is 0 Å². The van der Waals surface area contributed by atoms with Gasteiger partial charge in [-0.25, -0.2) is 4.79 Å². The highest BCUT2D eigenvalue weighted by molar-refractivity contribution is 5.91. The molecule has 0 unspecified atom stereocenters. The van der Waals surface area contributed by atoms with E-state index in [2.05, 4.69) is 36.5 Å². The molecule has 1 heterocycles. The quantitative estimate of drug-likeness (QED) is 0.886. The SMILES string of the molecule is CCc1cccc(C)c1NC(=O)N1CCc2ccccc2C1. The lowest BCUT2D eigenvalue weighted by molar-refractivity contribution is 0.206. The Morgan fingerprint density at radius 2 is 1.91 bits per heavy atom. The van der Waals surface area contributed by atoms with Crippen molar-refractivity contribution in [2.24, 2.45) is 0 Å². The summed E-state index contributed by atoms with van der Waals surface area (Å²) in [7, 11) is 0. The number of nitrogens with zero attached hydrogens (tertiary/aromatic N) is 1. The summed E-state index contributed by atoms with van der Waals surface area (Å²) in [5.41, 5.74) is 5.88. The zero-order valence-corrected chi connectivity index (χ0v) is 13.2. The number of urea groups is 1. The molecule has 2 aromatic rings. The molecular weight excluding hydrogens is 272 g/mol. The highest BCUT2D eigenvalue weighted by Crippen LogP contribution is 2.23. The third-order valence-electron chi connectivity index (χ3n) is 4.39. The van der Waals surface area contributed by atoms with Gasteiger partial charge in [0.25, 0.3) is 0 Å². The Kier molecular flexibility index (Phi) is 4.14. The normalized spacial score (nSPS) is 13.6. The minimum Gasteiger partial charge on any atom is -0.320 e. The topological polar surface area (TPSA) is 32.3 Å². The highest BCUT2D eigenvalue weighted by atomic mass is 16.2. The predicted octanol–water partition coefficient (Wildman–Crippen LogP) is 4.15. The number of benzene rings is 2. The minimum atomic E-state index is -0.00139. The lowest BCUT2D eigenvalue weighted by Crippen LogP contribution is -2.39. The molecule has 114 valence electrons. The van der Waals surface area contributed by atoms with Crippen molar-refractivity contribution in [3.8, 4) is 0 Å². The molecule has 22 heavy (non-hydrogen) atoms. The fourth-order valence-electron chi connectivity index (χ4n) is 3.06. The second-order valence-electron chi connectivity index (χ2n) is 5.83. The molecule has 0 radical (unpaired) electrons. The Hall–Kier alpha value is -2.29. The van der Waals surface area contributed by atoms with Crippen LogP contribution in [0.2, 0.25) is 0 Å². The first kappa shape index (κ1) is 14.6. The van der Waals surface area contributed by atoms with Crippen molar-refractivity contribution in [2.75, 3.05) is 11.9 Å². The molecule has 0 aliphatic carbocycles. The average molecular weight is 294 g/mol. The summed E-state index contributed by atoms with van der Waals surface area (Å²) in [6.07, 6.45) is 1.85. The molecule has 3 heteroatoms. The van der Waals surface area contributed by atoms with Crippen LogP contribution in [0, 0.1) is 6.92 Å². The van der Waals surface area contributed by atoms with Crippen LogP contribution in [0.5, 0.6) is 0 Å². The minimum absolute atomic E-state index is 0.00139. The number of carbonyl (C=O) groups excluding carboxylic acids is 1. The summed E-state index contributed by atoms with van der Waals surface area (Å²) >= 11 is 0.